The van der Waals surface area contributed by atoms with Crippen LogP contribution in [0.25, 0.3) is 0 Å². The van der Waals surface area contributed by atoms with Crippen molar-refractivity contribution >= 4 is 11.9 Å². The lowest BCUT2D eigenvalue weighted by Gasteiger charge is -2.36. The second-order valence-electron chi connectivity index (χ2n) is 4.55. The van der Waals surface area contributed by atoms with Crippen LogP contribution in [-0.4, -0.2) is 48.1 Å². The summed E-state index contributed by atoms with van der Waals surface area (Å²) in [6.45, 7) is 3.31. The fourth-order valence-electron chi connectivity index (χ4n) is 1.82. The molecular formula is C12H18N2O3. The highest BCUT2D eigenvalue weighted by Crippen LogP contribution is 2.30. The lowest BCUT2D eigenvalue weighted by Crippen LogP contribution is -2.47. The number of terminal acetylenes is 1. The molecule has 17 heavy (non-hydrogen) atoms. The number of carboxylic acids is 1. The van der Waals surface area contributed by atoms with Crippen LogP contribution in [0.15, 0.2) is 0 Å². The Morgan fingerprint density at radius 3 is 2.53 bits per heavy atom. The van der Waals surface area contributed by atoms with E-state index in [1.165, 1.54) is 0 Å². The summed E-state index contributed by atoms with van der Waals surface area (Å²) in [7, 11) is 0. The van der Waals surface area contributed by atoms with E-state index < -0.39 is 11.4 Å². The molecular weight excluding hydrogens is 220 g/mol. The molecule has 0 aromatic heterocycles. The molecule has 0 atom stereocenters. The summed E-state index contributed by atoms with van der Waals surface area (Å²) in [6, 6.07) is 0. The van der Waals surface area contributed by atoms with Gasteiger partial charge in [0.25, 0.3) is 0 Å². The summed E-state index contributed by atoms with van der Waals surface area (Å²) in [5.74, 6) is 1.59. The third-order valence-corrected chi connectivity index (χ3v) is 3.24. The zero-order valence-electron chi connectivity index (χ0n) is 10.0. The minimum Gasteiger partial charge on any atom is -0.481 e. The largest absolute Gasteiger partial charge is 0.481 e. The first kappa shape index (κ1) is 13.5. The molecule has 1 saturated heterocycles. The van der Waals surface area contributed by atoms with Gasteiger partial charge < -0.3 is 10.0 Å². The molecule has 1 aliphatic heterocycles. The van der Waals surface area contributed by atoms with E-state index in [1.54, 1.807) is 11.8 Å². The molecule has 1 amide bonds. The summed E-state index contributed by atoms with van der Waals surface area (Å²) < 4.78 is 0. The molecule has 0 saturated carbocycles. The van der Waals surface area contributed by atoms with Gasteiger partial charge in [0.05, 0.1) is 18.5 Å². The Morgan fingerprint density at radius 1 is 1.47 bits per heavy atom. The molecule has 1 heterocycles. The van der Waals surface area contributed by atoms with Crippen molar-refractivity contribution < 1.29 is 14.7 Å². The van der Waals surface area contributed by atoms with E-state index in [2.05, 4.69) is 11.2 Å². The number of hydrogen-bond donors (Lipinski definition) is 2. The van der Waals surface area contributed by atoms with Crippen molar-refractivity contribution in [3.8, 4) is 12.3 Å². The van der Waals surface area contributed by atoms with Crippen LogP contribution in [0.4, 0.5) is 0 Å². The predicted octanol–water partition coefficient (Wildman–Crippen LogP) is -0.0775. The third-order valence-electron chi connectivity index (χ3n) is 3.24. The number of piperidine rings is 1. The Labute approximate surface area is 101 Å². The number of aliphatic carboxylic acids is 1. The van der Waals surface area contributed by atoms with Gasteiger partial charge in [0, 0.05) is 13.1 Å². The predicted molar refractivity (Wildman–Crippen MR) is 63.3 cm³/mol. The highest BCUT2D eigenvalue weighted by Gasteiger charge is 2.37. The zero-order chi connectivity index (χ0) is 12.9. The first-order valence-corrected chi connectivity index (χ1v) is 5.65. The molecule has 1 aliphatic rings. The van der Waals surface area contributed by atoms with Crippen molar-refractivity contribution in [3.63, 3.8) is 0 Å². The first-order chi connectivity index (χ1) is 7.99. The Balaban J connectivity index is 2.39. The molecule has 94 valence electrons. The number of amides is 1. The Kier molecular flexibility index (Phi) is 4.53. The number of likely N-dealkylation sites (tertiary alicyclic amines) is 1. The molecule has 0 spiro atoms. The van der Waals surface area contributed by atoms with Gasteiger partial charge in [-0.3, -0.25) is 14.9 Å². The summed E-state index contributed by atoms with van der Waals surface area (Å²) in [5, 5.41) is 11.9. The van der Waals surface area contributed by atoms with E-state index in [0.29, 0.717) is 32.5 Å². The van der Waals surface area contributed by atoms with Crippen molar-refractivity contribution in [2.45, 2.75) is 19.8 Å². The van der Waals surface area contributed by atoms with E-state index in [4.69, 9.17) is 11.5 Å². The van der Waals surface area contributed by atoms with Crippen molar-refractivity contribution in [1.82, 2.24) is 10.2 Å². The Hall–Kier alpha value is -1.54. The van der Waals surface area contributed by atoms with Gasteiger partial charge in [-0.1, -0.05) is 5.92 Å². The maximum absolute atomic E-state index is 11.7. The van der Waals surface area contributed by atoms with Gasteiger partial charge in [0.2, 0.25) is 5.91 Å². The number of nitrogens with zero attached hydrogens (tertiary/aromatic N) is 1. The second-order valence-corrected chi connectivity index (χ2v) is 4.55. The zero-order valence-corrected chi connectivity index (χ0v) is 10.0. The number of carboxylic acid groups (broad SMARTS) is 1. The number of carbonyl (C=O) groups is 2. The lowest BCUT2D eigenvalue weighted by atomic mass is 9.80. The minimum absolute atomic E-state index is 0.0207. The summed E-state index contributed by atoms with van der Waals surface area (Å²) >= 11 is 0. The highest BCUT2D eigenvalue weighted by molar-refractivity contribution is 5.79. The SMILES string of the molecule is C#CCNCC(=O)N1CCC(C)(C(=O)O)CC1. The summed E-state index contributed by atoms with van der Waals surface area (Å²) in [6.07, 6.45) is 6.07. The molecule has 0 bridgehead atoms. The molecule has 5 nitrogen and oxygen atoms in total. The average molecular weight is 238 g/mol. The fraction of sp³-hybridized carbons (Fsp3) is 0.667. The Bertz CT molecular complexity index is 338. The highest BCUT2D eigenvalue weighted by atomic mass is 16.4. The van der Waals surface area contributed by atoms with Crippen LogP contribution < -0.4 is 5.32 Å². The van der Waals surface area contributed by atoms with Crippen LogP contribution >= 0.6 is 0 Å². The van der Waals surface area contributed by atoms with Crippen LogP contribution in [0.5, 0.6) is 0 Å². The van der Waals surface area contributed by atoms with Gasteiger partial charge in [-0.25, -0.2) is 0 Å². The van der Waals surface area contributed by atoms with E-state index in [-0.39, 0.29) is 12.5 Å². The van der Waals surface area contributed by atoms with E-state index in [1.807, 2.05) is 0 Å². The Morgan fingerprint density at radius 2 is 2.06 bits per heavy atom. The van der Waals surface area contributed by atoms with Crippen LogP contribution in [0, 0.1) is 17.8 Å². The molecule has 0 aromatic carbocycles. The van der Waals surface area contributed by atoms with Crippen LogP contribution in [0.2, 0.25) is 0 Å². The van der Waals surface area contributed by atoms with Gasteiger partial charge in [0.15, 0.2) is 0 Å². The summed E-state index contributed by atoms with van der Waals surface area (Å²) in [5.41, 5.74) is -0.691. The minimum atomic E-state index is -0.782. The summed E-state index contributed by atoms with van der Waals surface area (Å²) in [4.78, 5) is 24.4. The quantitative estimate of drug-likeness (QED) is 0.531. The first-order valence-electron chi connectivity index (χ1n) is 5.65. The second kappa shape index (κ2) is 5.69. The number of hydrogen-bond acceptors (Lipinski definition) is 3. The van der Waals surface area contributed by atoms with Crippen LogP contribution in [0.3, 0.4) is 0 Å². The smallest absolute Gasteiger partial charge is 0.309 e. The number of nitrogens with one attached hydrogen (secondary N) is 1. The van der Waals surface area contributed by atoms with Gasteiger partial charge in [-0.05, 0) is 19.8 Å². The third kappa shape index (κ3) is 3.46. The molecule has 0 aromatic rings. The molecule has 2 N–H and O–H groups in total. The maximum Gasteiger partial charge on any atom is 0.309 e. The van der Waals surface area contributed by atoms with Crippen molar-refractivity contribution in [3.05, 3.63) is 0 Å². The normalized spacial score (nSPS) is 18.5. The van der Waals surface area contributed by atoms with E-state index in [0.717, 1.165) is 0 Å². The topological polar surface area (TPSA) is 69.6 Å². The monoisotopic (exact) mass is 238 g/mol. The van der Waals surface area contributed by atoms with Crippen LogP contribution in [-0.2, 0) is 9.59 Å². The standard InChI is InChI=1S/C12H18N2O3/c1-3-6-13-9-10(15)14-7-4-12(2,5-8-14)11(16)17/h1,13H,4-9H2,2H3,(H,16,17). The average Bonchev–Trinajstić information content (AvgIpc) is 2.30. The molecule has 5 heteroatoms. The fourth-order valence-corrected chi connectivity index (χ4v) is 1.82. The van der Waals surface area contributed by atoms with E-state index in [9.17, 15) is 9.59 Å². The van der Waals surface area contributed by atoms with E-state index >= 15 is 0 Å². The van der Waals surface area contributed by atoms with Crippen molar-refractivity contribution in [2.75, 3.05) is 26.2 Å². The van der Waals surface area contributed by atoms with Crippen molar-refractivity contribution in [1.29, 1.82) is 0 Å². The van der Waals surface area contributed by atoms with Gasteiger partial charge >= 0.3 is 5.97 Å². The van der Waals surface area contributed by atoms with Gasteiger partial charge in [0.1, 0.15) is 0 Å². The number of carbonyl (C=O) groups excluding carboxylic acids is 1. The lowest BCUT2D eigenvalue weighted by molar-refractivity contribution is -0.152. The van der Waals surface area contributed by atoms with Crippen molar-refractivity contribution in [2.24, 2.45) is 5.41 Å². The molecule has 0 aliphatic carbocycles. The molecule has 1 rings (SSSR count). The number of rotatable bonds is 4. The van der Waals surface area contributed by atoms with Gasteiger partial charge in [-0.2, -0.15) is 0 Å². The maximum atomic E-state index is 11.7. The molecule has 0 radical (unpaired) electrons. The van der Waals surface area contributed by atoms with Gasteiger partial charge in [-0.15, -0.1) is 6.42 Å². The van der Waals surface area contributed by atoms with Crippen LogP contribution in [0.1, 0.15) is 19.8 Å². The molecule has 0 unspecified atom stereocenters. The molecule has 1 fully saturated rings.